The van der Waals surface area contributed by atoms with Gasteiger partial charge in [-0.3, -0.25) is 0 Å². The SMILES string of the molecule is Cc1ccc(NC2CCCN(C)CC2)cc1Cl. The van der Waals surface area contributed by atoms with E-state index in [1.54, 1.807) is 0 Å². The van der Waals surface area contributed by atoms with Crippen molar-refractivity contribution >= 4 is 17.3 Å². The van der Waals surface area contributed by atoms with Gasteiger partial charge in [-0.1, -0.05) is 17.7 Å². The van der Waals surface area contributed by atoms with Crippen LogP contribution < -0.4 is 5.32 Å². The molecule has 1 saturated heterocycles. The summed E-state index contributed by atoms with van der Waals surface area (Å²) in [6, 6.07) is 6.81. The summed E-state index contributed by atoms with van der Waals surface area (Å²) in [5.41, 5.74) is 2.29. The number of aryl methyl sites for hydroxylation is 1. The Kier molecular flexibility index (Phi) is 4.30. The smallest absolute Gasteiger partial charge is 0.0455 e. The van der Waals surface area contributed by atoms with Crippen LogP contribution in [0.25, 0.3) is 0 Å². The maximum atomic E-state index is 6.14. The molecule has 0 saturated carbocycles. The van der Waals surface area contributed by atoms with Crippen LogP contribution in [-0.4, -0.2) is 31.1 Å². The number of nitrogens with zero attached hydrogens (tertiary/aromatic N) is 1. The predicted molar refractivity (Wildman–Crippen MR) is 74.9 cm³/mol. The highest BCUT2D eigenvalue weighted by molar-refractivity contribution is 6.31. The van der Waals surface area contributed by atoms with Gasteiger partial charge in [-0.15, -0.1) is 0 Å². The summed E-state index contributed by atoms with van der Waals surface area (Å²) in [5.74, 6) is 0. The van der Waals surface area contributed by atoms with Crippen LogP contribution in [0.5, 0.6) is 0 Å². The van der Waals surface area contributed by atoms with Crippen molar-refractivity contribution in [1.82, 2.24) is 4.90 Å². The third-order valence-electron chi connectivity index (χ3n) is 3.49. The zero-order valence-corrected chi connectivity index (χ0v) is 11.4. The van der Waals surface area contributed by atoms with E-state index in [1.165, 1.54) is 32.4 Å². The molecule has 3 heteroatoms. The molecular weight excluding hydrogens is 232 g/mol. The van der Waals surface area contributed by atoms with Crippen molar-refractivity contribution in [3.8, 4) is 0 Å². The number of hydrogen-bond acceptors (Lipinski definition) is 2. The van der Waals surface area contributed by atoms with Crippen molar-refractivity contribution in [2.24, 2.45) is 0 Å². The predicted octanol–water partition coefficient (Wildman–Crippen LogP) is 3.54. The van der Waals surface area contributed by atoms with Gasteiger partial charge in [0.05, 0.1) is 0 Å². The van der Waals surface area contributed by atoms with Crippen LogP contribution >= 0.6 is 11.6 Å². The highest BCUT2D eigenvalue weighted by Crippen LogP contribution is 2.22. The van der Waals surface area contributed by atoms with Gasteiger partial charge >= 0.3 is 0 Å². The van der Waals surface area contributed by atoms with E-state index in [0.717, 1.165) is 16.3 Å². The molecule has 94 valence electrons. The molecule has 1 heterocycles. The Morgan fingerprint density at radius 1 is 1.29 bits per heavy atom. The summed E-state index contributed by atoms with van der Waals surface area (Å²) >= 11 is 6.14. The second-order valence-electron chi connectivity index (χ2n) is 5.04. The van der Waals surface area contributed by atoms with Gasteiger partial charge in [-0.05, 0) is 64.0 Å². The molecule has 1 N–H and O–H groups in total. The van der Waals surface area contributed by atoms with Crippen molar-refractivity contribution in [2.75, 3.05) is 25.5 Å². The molecule has 17 heavy (non-hydrogen) atoms. The Labute approximate surface area is 109 Å². The van der Waals surface area contributed by atoms with Gasteiger partial charge in [0.15, 0.2) is 0 Å². The molecule has 0 spiro atoms. The number of nitrogens with one attached hydrogen (secondary N) is 1. The van der Waals surface area contributed by atoms with Gasteiger partial charge in [0.25, 0.3) is 0 Å². The van der Waals surface area contributed by atoms with Crippen LogP contribution in [0.1, 0.15) is 24.8 Å². The molecule has 2 nitrogen and oxygen atoms in total. The first-order valence-electron chi connectivity index (χ1n) is 6.36. The van der Waals surface area contributed by atoms with E-state index in [1.807, 2.05) is 13.0 Å². The number of halogens is 1. The summed E-state index contributed by atoms with van der Waals surface area (Å²) < 4.78 is 0. The second-order valence-corrected chi connectivity index (χ2v) is 5.45. The Hall–Kier alpha value is -0.730. The molecule has 1 aliphatic heterocycles. The fourth-order valence-corrected chi connectivity index (χ4v) is 2.48. The number of rotatable bonds is 2. The Morgan fingerprint density at radius 2 is 2.12 bits per heavy atom. The fraction of sp³-hybridized carbons (Fsp3) is 0.571. The summed E-state index contributed by atoms with van der Waals surface area (Å²) in [6.07, 6.45) is 3.73. The lowest BCUT2D eigenvalue weighted by Crippen LogP contribution is -2.22. The highest BCUT2D eigenvalue weighted by Gasteiger charge is 2.14. The first kappa shape index (κ1) is 12.7. The zero-order valence-electron chi connectivity index (χ0n) is 10.7. The molecule has 1 aromatic rings. The summed E-state index contributed by atoms with van der Waals surface area (Å²) in [7, 11) is 2.20. The van der Waals surface area contributed by atoms with Crippen LogP contribution in [0.2, 0.25) is 5.02 Å². The van der Waals surface area contributed by atoms with Gasteiger partial charge in [-0.2, -0.15) is 0 Å². The van der Waals surface area contributed by atoms with E-state index in [4.69, 9.17) is 11.6 Å². The van der Waals surface area contributed by atoms with Crippen LogP contribution in [0.15, 0.2) is 18.2 Å². The molecule has 0 bridgehead atoms. The molecule has 0 aliphatic carbocycles. The molecule has 1 unspecified atom stereocenters. The highest BCUT2D eigenvalue weighted by atomic mass is 35.5. The van der Waals surface area contributed by atoms with E-state index in [-0.39, 0.29) is 0 Å². The Balaban J connectivity index is 1.97. The van der Waals surface area contributed by atoms with Crippen molar-refractivity contribution < 1.29 is 0 Å². The Morgan fingerprint density at radius 3 is 2.88 bits per heavy atom. The fourth-order valence-electron chi connectivity index (χ4n) is 2.30. The van der Waals surface area contributed by atoms with Gasteiger partial charge in [0.2, 0.25) is 0 Å². The van der Waals surface area contributed by atoms with Gasteiger partial charge in [-0.25, -0.2) is 0 Å². The normalized spacial score (nSPS) is 22.2. The van der Waals surface area contributed by atoms with Crippen LogP contribution in [0.4, 0.5) is 5.69 Å². The lowest BCUT2D eigenvalue weighted by Gasteiger charge is -2.18. The van der Waals surface area contributed by atoms with E-state index in [9.17, 15) is 0 Å². The van der Waals surface area contributed by atoms with E-state index in [2.05, 4.69) is 29.4 Å². The molecule has 0 aromatic heterocycles. The van der Waals surface area contributed by atoms with E-state index in [0.29, 0.717) is 6.04 Å². The minimum Gasteiger partial charge on any atom is -0.382 e. The molecule has 1 aromatic carbocycles. The number of benzene rings is 1. The lowest BCUT2D eigenvalue weighted by atomic mass is 10.1. The second kappa shape index (κ2) is 5.74. The molecule has 2 rings (SSSR count). The van der Waals surface area contributed by atoms with Crippen molar-refractivity contribution in [2.45, 2.75) is 32.2 Å². The van der Waals surface area contributed by atoms with Gasteiger partial charge in [0.1, 0.15) is 0 Å². The lowest BCUT2D eigenvalue weighted by molar-refractivity contribution is 0.348. The Bertz CT molecular complexity index is 378. The average molecular weight is 253 g/mol. The summed E-state index contributed by atoms with van der Waals surface area (Å²) in [4.78, 5) is 2.41. The topological polar surface area (TPSA) is 15.3 Å². The quantitative estimate of drug-likeness (QED) is 0.866. The molecule has 0 radical (unpaired) electrons. The molecule has 1 atom stereocenters. The van der Waals surface area contributed by atoms with Crippen molar-refractivity contribution in [3.63, 3.8) is 0 Å². The van der Waals surface area contributed by atoms with E-state index >= 15 is 0 Å². The minimum absolute atomic E-state index is 0.582. The number of likely N-dealkylation sites (tertiary alicyclic amines) is 1. The molecular formula is C14H21ClN2. The maximum absolute atomic E-state index is 6.14. The van der Waals surface area contributed by atoms with Gasteiger partial charge in [0, 0.05) is 16.8 Å². The van der Waals surface area contributed by atoms with Gasteiger partial charge < -0.3 is 10.2 Å². The molecule has 1 fully saturated rings. The number of hydrogen-bond donors (Lipinski definition) is 1. The van der Waals surface area contributed by atoms with Crippen LogP contribution in [-0.2, 0) is 0 Å². The summed E-state index contributed by atoms with van der Waals surface area (Å²) in [5, 5.41) is 4.45. The van der Waals surface area contributed by atoms with Crippen molar-refractivity contribution in [1.29, 1.82) is 0 Å². The maximum Gasteiger partial charge on any atom is 0.0455 e. The van der Waals surface area contributed by atoms with E-state index < -0.39 is 0 Å². The number of anilines is 1. The largest absolute Gasteiger partial charge is 0.382 e. The van der Waals surface area contributed by atoms with Crippen LogP contribution in [0.3, 0.4) is 0 Å². The third kappa shape index (κ3) is 3.62. The monoisotopic (exact) mass is 252 g/mol. The third-order valence-corrected chi connectivity index (χ3v) is 3.90. The molecule has 0 amide bonds. The van der Waals surface area contributed by atoms with Crippen molar-refractivity contribution in [3.05, 3.63) is 28.8 Å². The standard InChI is InChI=1S/C14H21ClN2/c1-11-5-6-13(10-14(11)15)16-12-4-3-8-17(2)9-7-12/h5-6,10,12,16H,3-4,7-9H2,1-2H3. The zero-order chi connectivity index (χ0) is 12.3. The first-order valence-corrected chi connectivity index (χ1v) is 6.74. The first-order chi connectivity index (χ1) is 8.15. The minimum atomic E-state index is 0.582. The molecule has 1 aliphatic rings. The van der Waals surface area contributed by atoms with Crippen LogP contribution in [0, 0.1) is 6.92 Å². The average Bonchev–Trinajstić information content (AvgIpc) is 2.49. The summed E-state index contributed by atoms with van der Waals surface area (Å²) in [6.45, 7) is 4.43.